The van der Waals surface area contributed by atoms with E-state index in [1.165, 1.54) is 11.2 Å². The summed E-state index contributed by atoms with van der Waals surface area (Å²) in [5, 5.41) is 0.295. The molecule has 3 rings (SSSR count). The lowest BCUT2D eigenvalue weighted by atomic mass is 10.1. The van der Waals surface area contributed by atoms with Gasteiger partial charge in [0.1, 0.15) is 5.37 Å². The van der Waals surface area contributed by atoms with E-state index in [2.05, 4.69) is 4.98 Å². The van der Waals surface area contributed by atoms with Crippen molar-refractivity contribution >= 4 is 38.4 Å². The van der Waals surface area contributed by atoms with Gasteiger partial charge < -0.3 is 9.88 Å². The van der Waals surface area contributed by atoms with Gasteiger partial charge in [-0.15, -0.1) is 0 Å². The van der Waals surface area contributed by atoms with Gasteiger partial charge in [0, 0.05) is 41.6 Å². The highest BCUT2D eigenvalue weighted by atomic mass is 32.2. The van der Waals surface area contributed by atoms with Crippen molar-refractivity contribution in [1.29, 1.82) is 0 Å². The average Bonchev–Trinajstić information content (AvgIpc) is 2.93. The maximum Gasteiger partial charge on any atom is 0.255 e. The van der Waals surface area contributed by atoms with E-state index in [1.54, 1.807) is 23.9 Å². The van der Waals surface area contributed by atoms with Crippen molar-refractivity contribution in [2.24, 2.45) is 0 Å². The lowest BCUT2D eigenvalue weighted by Crippen LogP contribution is -2.49. The first kappa shape index (κ1) is 14.5. The second-order valence-electron chi connectivity index (χ2n) is 5.14. The summed E-state index contributed by atoms with van der Waals surface area (Å²) in [7, 11) is -3.28. The van der Waals surface area contributed by atoms with Gasteiger partial charge in [0.25, 0.3) is 5.91 Å². The third-order valence-corrected chi connectivity index (χ3v) is 6.28. The quantitative estimate of drug-likeness (QED) is 0.913. The van der Waals surface area contributed by atoms with Crippen LogP contribution in [-0.2, 0) is 9.84 Å². The fourth-order valence-corrected chi connectivity index (χ4v) is 5.33. The lowest BCUT2D eigenvalue weighted by Gasteiger charge is -2.34. The first-order valence-corrected chi connectivity index (χ1v) is 9.72. The van der Waals surface area contributed by atoms with Crippen LogP contribution in [0.5, 0.6) is 0 Å². The van der Waals surface area contributed by atoms with Crippen LogP contribution in [0.15, 0.2) is 30.5 Å². The Hall–Kier alpha value is -1.47. The number of hydrogen-bond acceptors (Lipinski definition) is 4. The van der Waals surface area contributed by atoms with Gasteiger partial charge in [-0.05, 0) is 23.6 Å². The number of rotatable bonds is 2. The Morgan fingerprint density at radius 1 is 1.38 bits per heavy atom. The molecule has 7 heteroatoms. The molecule has 112 valence electrons. The van der Waals surface area contributed by atoms with E-state index in [0.29, 0.717) is 17.9 Å². The number of aromatic amines is 1. The molecule has 1 aromatic carbocycles. The van der Waals surface area contributed by atoms with E-state index >= 15 is 0 Å². The zero-order chi connectivity index (χ0) is 15.0. The van der Waals surface area contributed by atoms with Gasteiger partial charge in [0.15, 0.2) is 9.84 Å². The highest BCUT2D eigenvalue weighted by Gasteiger charge is 2.34. The zero-order valence-electron chi connectivity index (χ0n) is 11.6. The first-order chi connectivity index (χ1) is 9.97. The first-order valence-electron chi connectivity index (χ1n) is 6.61. The van der Waals surface area contributed by atoms with E-state index in [4.69, 9.17) is 0 Å². The summed E-state index contributed by atoms with van der Waals surface area (Å²) >= 11 is 1.57. The number of amides is 1. The number of H-pyrrole nitrogens is 1. The van der Waals surface area contributed by atoms with E-state index < -0.39 is 15.2 Å². The number of aromatic nitrogens is 1. The molecule has 1 saturated heterocycles. The SMILES string of the molecule is CS(=O)(=O)C1CSCCN1C(=O)c1ccc2cc[nH]c2c1. The van der Waals surface area contributed by atoms with Crippen LogP contribution in [0.3, 0.4) is 0 Å². The molecule has 1 aliphatic rings. The molecule has 1 aromatic heterocycles. The summed E-state index contributed by atoms with van der Waals surface area (Å²) in [6.07, 6.45) is 3.01. The van der Waals surface area contributed by atoms with Crippen LogP contribution >= 0.6 is 11.8 Å². The van der Waals surface area contributed by atoms with Gasteiger partial charge in [-0.2, -0.15) is 11.8 Å². The number of thioether (sulfide) groups is 1. The number of fused-ring (bicyclic) bond motifs is 1. The Labute approximate surface area is 127 Å². The van der Waals surface area contributed by atoms with Crippen molar-refractivity contribution in [3.8, 4) is 0 Å². The van der Waals surface area contributed by atoms with E-state index in [9.17, 15) is 13.2 Å². The minimum absolute atomic E-state index is 0.220. The standard InChI is InChI=1S/C14H16N2O3S2/c1-21(18,19)13-9-20-7-6-16(13)14(17)11-3-2-10-4-5-15-12(10)8-11/h2-5,8,13,15H,6-7,9H2,1H3. The molecule has 21 heavy (non-hydrogen) atoms. The molecule has 1 fully saturated rings. The molecular weight excluding hydrogens is 308 g/mol. The highest BCUT2D eigenvalue weighted by Crippen LogP contribution is 2.23. The summed E-state index contributed by atoms with van der Waals surface area (Å²) in [5.41, 5.74) is 1.40. The maximum atomic E-state index is 12.7. The predicted molar refractivity (Wildman–Crippen MR) is 85.3 cm³/mol. The van der Waals surface area contributed by atoms with Crippen LogP contribution in [0.2, 0.25) is 0 Å². The minimum Gasteiger partial charge on any atom is -0.361 e. The Morgan fingerprint density at radius 3 is 2.95 bits per heavy atom. The van der Waals surface area contributed by atoms with Crippen molar-refractivity contribution in [3.63, 3.8) is 0 Å². The zero-order valence-corrected chi connectivity index (χ0v) is 13.2. The molecule has 1 N–H and O–H groups in total. The summed E-state index contributed by atoms with van der Waals surface area (Å²) < 4.78 is 23.8. The molecule has 0 saturated carbocycles. The van der Waals surface area contributed by atoms with Gasteiger partial charge in [0.2, 0.25) is 0 Å². The molecule has 1 atom stereocenters. The second kappa shape index (κ2) is 5.38. The third-order valence-electron chi connectivity index (χ3n) is 3.64. The highest BCUT2D eigenvalue weighted by molar-refractivity contribution is 8.00. The van der Waals surface area contributed by atoms with Gasteiger partial charge in [-0.3, -0.25) is 4.79 Å². The van der Waals surface area contributed by atoms with Crippen molar-refractivity contribution in [1.82, 2.24) is 9.88 Å². The third kappa shape index (κ3) is 2.80. The molecular formula is C14H16N2O3S2. The van der Waals surface area contributed by atoms with Gasteiger partial charge in [-0.25, -0.2) is 8.42 Å². The van der Waals surface area contributed by atoms with Crippen LogP contribution in [-0.4, -0.2) is 53.9 Å². The molecule has 0 radical (unpaired) electrons. The van der Waals surface area contributed by atoms with Gasteiger partial charge >= 0.3 is 0 Å². The molecule has 1 amide bonds. The Kier molecular flexibility index (Phi) is 3.71. The number of benzene rings is 1. The second-order valence-corrected chi connectivity index (χ2v) is 8.49. The Bertz CT molecular complexity index is 782. The molecule has 5 nitrogen and oxygen atoms in total. The van der Waals surface area contributed by atoms with Crippen molar-refractivity contribution in [3.05, 3.63) is 36.0 Å². The van der Waals surface area contributed by atoms with Gasteiger partial charge in [0.05, 0.1) is 0 Å². The number of carbonyl (C=O) groups excluding carboxylic acids is 1. The van der Waals surface area contributed by atoms with Crippen molar-refractivity contribution < 1.29 is 13.2 Å². The minimum atomic E-state index is -3.28. The summed E-state index contributed by atoms with van der Waals surface area (Å²) in [6, 6.07) is 7.33. The maximum absolute atomic E-state index is 12.7. The van der Waals surface area contributed by atoms with Crippen LogP contribution in [0.1, 0.15) is 10.4 Å². The molecule has 2 heterocycles. The summed E-state index contributed by atoms with van der Waals surface area (Å²) in [6.45, 7) is 0.462. The predicted octanol–water partition coefficient (Wildman–Crippen LogP) is 1.73. The van der Waals surface area contributed by atoms with Crippen molar-refractivity contribution in [2.45, 2.75) is 5.37 Å². The van der Waals surface area contributed by atoms with Crippen LogP contribution in [0.25, 0.3) is 10.9 Å². The summed E-state index contributed by atoms with van der Waals surface area (Å²) in [4.78, 5) is 17.2. The van der Waals surface area contributed by atoms with Crippen LogP contribution in [0.4, 0.5) is 0 Å². The van der Waals surface area contributed by atoms with Gasteiger partial charge in [-0.1, -0.05) is 6.07 Å². The fraction of sp³-hybridized carbons (Fsp3) is 0.357. The Balaban J connectivity index is 1.95. The molecule has 0 aliphatic carbocycles. The molecule has 1 aliphatic heterocycles. The number of carbonyl (C=O) groups is 1. The Morgan fingerprint density at radius 2 is 2.19 bits per heavy atom. The fourth-order valence-electron chi connectivity index (χ4n) is 2.51. The normalized spacial score (nSPS) is 19.9. The molecule has 2 aromatic rings. The van der Waals surface area contributed by atoms with E-state index in [1.807, 2.05) is 18.3 Å². The largest absolute Gasteiger partial charge is 0.361 e. The molecule has 0 bridgehead atoms. The lowest BCUT2D eigenvalue weighted by molar-refractivity contribution is 0.0750. The van der Waals surface area contributed by atoms with Crippen LogP contribution in [0, 0.1) is 0 Å². The monoisotopic (exact) mass is 324 g/mol. The topological polar surface area (TPSA) is 70.2 Å². The van der Waals surface area contributed by atoms with E-state index in [-0.39, 0.29) is 5.91 Å². The number of nitrogens with one attached hydrogen (secondary N) is 1. The molecule has 1 unspecified atom stereocenters. The smallest absolute Gasteiger partial charge is 0.255 e. The number of nitrogens with zero attached hydrogens (tertiary/aromatic N) is 1. The van der Waals surface area contributed by atoms with Crippen LogP contribution < -0.4 is 0 Å². The summed E-state index contributed by atoms with van der Waals surface area (Å²) in [5.74, 6) is 0.986. The van der Waals surface area contributed by atoms with Crippen molar-refractivity contribution in [2.75, 3.05) is 24.3 Å². The van der Waals surface area contributed by atoms with E-state index in [0.717, 1.165) is 16.7 Å². The average molecular weight is 324 g/mol. The number of sulfone groups is 1. The number of hydrogen-bond donors (Lipinski definition) is 1. The molecule has 0 spiro atoms.